The van der Waals surface area contributed by atoms with Gasteiger partial charge in [-0.05, 0) is 41.0 Å². The number of carbonyl (C=O) groups excluding carboxylic acids is 1. The predicted octanol–water partition coefficient (Wildman–Crippen LogP) is 5.02. The Morgan fingerprint density at radius 1 is 0.821 bits per heavy atom. The van der Waals surface area contributed by atoms with Gasteiger partial charge in [0.2, 0.25) is 0 Å². The first kappa shape index (κ1) is 17.9. The van der Waals surface area contributed by atoms with Crippen LogP contribution in [0, 0.1) is 11.6 Å². The molecule has 0 saturated heterocycles. The third kappa shape index (κ3) is 3.27. The van der Waals surface area contributed by atoms with Crippen LogP contribution in [0.15, 0.2) is 84.6 Å². The standard InChI is InChI=1S/C23H17F2NO2/c24-18-10-6-15(7-11-18)14-26-21(17-8-12-19(25)13-9-17)20(22(27)23(26)28)16-4-2-1-3-5-16/h1-13,21,27H,14H2/t21-/m1/s1. The third-order valence-electron chi connectivity index (χ3n) is 4.84. The van der Waals surface area contributed by atoms with E-state index < -0.39 is 11.9 Å². The lowest BCUT2D eigenvalue weighted by molar-refractivity contribution is -0.130. The predicted molar refractivity (Wildman–Crippen MR) is 102 cm³/mol. The molecule has 1 N–H and O–H groups in total. The van der Waals surface area contributed by atoms with E-state index in [-0.39, 0.29) is 23.9 Å². The molecular weight excluding hydrogens is 360 g/mol. The quantitative estimate of drug-likeness (QED) is 0.694. The number of rotatable bonds is 4. The van der Waals surface area contributed by atoms with Crippen LogP contribution in [-0.4, -0.2) is 15.9 Å². The molecule has 4 rings (SSSR count). The highest BCUT2D eigenvalue weighted by Crippen LogP contribution is 2.43. The SMILES string of the molecule is O=C1C(O)=C(c2ccccc2)[C@@H](c2ccc(F)cc2)N1Cc1ccc(F)cc1. The average Bonchev–Trinajstić information content (AvgIpc) is 2.96. The molecule has 28 heavy (non-hydrogen) atoms. The van der Waals surface area contributed by atoms with Crippen molar-refractivity contribution in [2.24, 2.45) is 0 Å². The lowest BCUT2D eigenvalue weighted by Crippen LogP contribution is -2.29. The van der Waals surface area contributed by atoms with Crippen LogP contribution in [0.4, 0.5) is 8.78 Å². The second-order valence-electron chi connectivity index (χ2n) is 6.64. The largest absolute Gasteiger partial charge is 0.503 e. The second kappa shape index (κ2) is 7.27. The van der Waals surface area contributed by atoms with Gasteiger partial charge in [0.1, 0.15) is 11.6 Å². The van der Waals surface area contributed by atoms with Gasteiger partial charge in [-0.3, -0.25) is 4.79 Å². The molecule has 0 bridgehead atoms. The Bertz CT molecular complexity index is 1030. The smallest absolute Gasteiger partial charge is 0.290 e. The zero-order valence-corrected chi connectivity index (χ0v) is 14.8. The van der Waals surface area contributed by atoms with Gasteiger partial charge >= 0.3 is 0 Å². The lowest BCUT2D eigenvalue weighted by Gasteiger charge is -2.27. The van der Waals surface area contributed by atoms with Crippen molar-refractivity contribution in [2.45, 2.75) is 12.6 Å². The first-order valence-electron chi connectivity index (χ1n) is 8.84. The molecule has 0 saturated carbocycles. The molecule has 3 aromatic rings. The summed E-state index contributed by atoms with van der Waals surface area (Å²) >= 11 is 0. The first-order valence-corrected chi connectivity index (χ1v) is 8.84. The molecule has 0 radical (unpaired) electrons. The van der Waals surface area contributed by atoms with Crippen molar-refractivity contribution in [3.8, 4) is 0 Å². The maximum atomic E-state index is 13.5. The topological polar surface area (TPSA) is 40.5 Å². The number of aliphatic hydroxyl groups excluding tert-OH is 1. The zero-order valence-electron chi connectivity index (χ0n) is 14.8. The minimum absolute atomic E-state index is 0.182. The molecule has 3 nitrogen and oxygen atoms in total. The number of carbonyl (C=O) groups is 1. The summed E-state index contributed by atoms with van der Waals surface area (Å²) in [6.45, 7) is 0.182. The van der Waals surface area contributed by atoms with Crippen LogP contribution in [-0.2, 0) is 11.3 Å². The van der Waals surface area contributed by atoms with Gasteiger partial charge < -0.3 is 10.0 Å². The van der Waals surface area contributed by atoms with Gasteiger partial charge in [0.05, 0.1) is 6.04 Å². The highest BCUT2D eigenvalue weighted by atomic mass is 19.1. The summed E-state index contributed by atoms with van der Waals surface area (Å²) in [5.41, 5.74) is 2.59. The van der Waals surface area contributed by atoms with Gasteiger partial charge in [-0.1, -0.05) is 54.6 Å². The molecule has 140 valence electrons. The zero-order chi connectivity index (χ0) is 19.7. The Hall–Kier alpha value is -3.47. The van der Waals surface area contributed by atoms with Gasteiger partial charge in [0, 0.05) is 12.1 Å². The average molecular weight is 377 g/mol. The fourth-order valence-electron chi connectivity index (χ4n) is 3.51. The minimum Gasteiger partial charge on any atom is -0.503 e. The fraction of sp³-hybridized carbons (Fsp3) is 0.0870. The van der Waals surface area contributed by atoms with E-state index in [0.29, 0.717) is 16.7 Å². The van der Waals surface area contributed by atoms with E-state index in [1.165, 1.54) is 29.2 Å². The Kier molecular flexibility index (Phi) is 4.65. The molecule has 0 fully saturated rings. The van der Waals surface area contributed by atoms with E-state index in [4.69, 9.17) is 0 Å². The van der Waals surface area contributed by atoms with E-state index in [1.54, 1.807) is 24.3 Å². The molecule has 1 aliphatic heterocycles. The molecule has 1 amide bonds. The Labute approximate surface area is 161 Å². The Morgan fingerprint density at radius 3 is 2.00 bits per heavy atom. The Balaban J connectivity index is 1.80. The number of hydrogen-bond acceptors (Lipinski definition) is 2. The molecule has 1 aliphatic rings. The number of aliphatic hydroxyl groups is 1. The number of benzene rings is 3. The summed E-state index contributed by atoms with van der Waals surface area (Å²) in [5, 5.41) is 10.6. The van der Waals surface area contributed by atoms with E-state index in [1.807, 2.05) is 30.3 Å². The van der Waals surface area contributed by atoms with Crippen molar-refractivity contribution in [3.05, 3.63) is 113 Å². The maximum Gasteiger partial charge on any atom is 0.290 e. The van der Waals surface area contributed by atoms with E-state index in [9.17, 15) is 18.7 Å². The van der Waals surface area contributed by atoms with Gasteiger partial charge in [-0.15, -0.1) is 0 Å². The van der Waals surface area contributed by atoms with Gasteiger partial charge in [0.25, 0.3) is 5.91 Å². The van der Waals surface area contributed by atoms with E-state index >= 15 is 0 Å². The summed E-state index contributed by atoms with van der Waals surface area (Å²) < 4.78 is 26.7. The molecule has 5 heteroatoms. The van der Waals surface area contributed by atoms with Crippen LogP contribution in [0.3, 0.4) is 0 Å². The number of amides is 1. The van der Waals surface area contributed by atoms with Gasteiger partial charge in [0.15, 0.2) is 5.76 Å². The van der Waals surface area contributed by atoms with Crippen LogP contribution in [0.1, 0.15) is 22.7 Å². The number of nitrogens with zero attached hydrogens (tertiary/aromatic N) is 1. The molecule has 0 unspecified atom stereocenters. The van der Waals surface area contributed by atoms with Gasteiger partial charge in [-0.25, -0.2) is 8.78 Å². The van der Waals surface area contributed by atoms with Crippen molar-refractivity contribution < 1.29 is 18.7 Å². The highest BCUT2D eigenvalue weighted by Gasteiger charge is 2.40. The monoisotopic (exact) mass is 377 g/mol. The lowest BCUT2D eigenvalue weighted by atomic mass is 9.93. The summed E-state index contributed by atoms with van der Waals surface area (Å²) in [6, 6.07) is 20.3. The number of halogens is 2. The number of hydrogen-bond donors (Lipinski definition) is 1. The van der Waals surface area contributed by atoms with Crippen LogP contribution in [0.5, 0.6) is 0 Å². The summed E-state index contributed by atoms with van der Waals surface area (Å²) in [7, 11) is 0. The summed E-state index contributed by atoms with van der Waals surface area (Å²) in [6.07, 6.45) is 0. The van der Waals surface area contributed by atoms with Crippen LogP contribution >= 0.6 is 0 Å². The van der Waals surface area contributed by atoms with Gasteiger partial charge in [-0.2, -0.15) is 0 Å². The van der Waals surface area contributed by atoms with Crippen LogP contribution in [0.2, 0.25) is 0 Å². The van der Waals surface area contributed by atoms with Crippen molar-refractivity contribution in [1.82, 2.24) is 4.90 Å². The summed E-state index contributed by atoms with van der Waals surface area (Å²) in [4.78, 5) is 14.4. The van der Waals surface area contributed by atoms with E-state index in [0.717, 1.165) is 5.56 Å². The molecule has 1 heterocycles. The highest BCUT2D eigenvalue weighted by molar-refractivity contribution is 6.05. The van der Waals surface area contributed by atoms with Crippen molar-refractivity contribution >= 4 is 11.5 Å². The molecule has 0 aromatic heterocycles. The molecule has 0 aliphatic carbocycles. The molecule has 3 aromatic carbocycles. The second-order valence-corrected chi connectivity index (χ2v) is 6.64. The molecular formula is C23H17F2NO2. The fourth-order valence-corrected chi connectivity index (χ4v) is 3.51. The molecule has 0 spiro atoms. The van der Waals surface area contributed by atoms with Crippen molar-refractivity contribution in [3.63, 3.8) is 0 Å². The Morgan fingerprint density at radius 2 is 1.39 bits per heavy atom. The summed E-state index contributed by atoms with van der Waals surface area (Å²) in [5.74, 6) is -1.59. The van der Waals surface area contributed by atoms with Crippen LogP contribution < -0.4 is 0 Å². The van der Waals surface area contributed by atoms with E-state index in [2.05, 4.69) is 0 Å². The first-order chi connectivity index (χ1) is 13.5. The maximum absolute atomic E-state index is 13.5. The minimum atomic E-state index is -0.583. The van der Waals surface area contributed by atoms with Crippen LogP contribution in [0.25, 0.3) is 5.57 Å². The van der Waals surface area contributed by atoms with Crippen molar-refractivity contribution in [2.75, 3.05) is 0 Å². The molecule has 1 atom stereocenters. The van der Waals surface area contributed by atoms with Crippen molar-refractivity contribution in [1.29, 1.82) is 0 Å². The third-order valence-corrected chi connectivity index (χ3v) is 4.84. The normalized spacial score (nSPS) is 16.7.